The lowest BCUT2D eigenvalue weighted by Gasteiger charge is -2.25. The summed E-state index contributed by atoms with van der Waals surface area (Å²) in [6.07, 6.45) is 0. The van der Waals surface area contributed by atoms with Crippen molar-refractivity contribution in [3.63, 3.8) is 0 Å². The van der Waals surface area contributed by atoms with Gasteiger partial charge < -0.3 is 10.6 Å². The fourth-order valence-electron chi connectivity index (χ4n) is 3.62. The maximum Gasteiger partial charge on any atom is 0.326 e. The summed E-state index contributed by atoms with van der Waals surface area (Å²) in [4.78, 5) is 52.0. The standard InChI is InChI=1S/C19H13Cl2N3O4/c1-9(25)15(10-6-7-12(20)13(21)8-10)24-17(27)19(23-18(24)28)11-4-2-3-5-14(11)22-16(19)26/h2-8,15H,1H3,(H,22,26)(H,23,28). The number of nitrogens with one attached hydrogen (secondary N) is 2. The number of hydrogen-bond acceptors (Lipinski definition) is 4. The van der Waals surface area contributed by atoms with Gasteiger partial charge >= 0.3 is 6.03 Å². The molecule has 2 atom stereocenters. The van der Waals surface area contributed by atoms with Crippen molar-refractivity contribution in [2.45, 2.75) is 18.5 Å². The summed E-state index contributed by atoms with van der Waals surface area (Å²) in [5.41, 5.74) is -0.833. The molecule has 9 heteroatoms. The molecule has 2 aromatic carbocycles. The van der Waals surface area contributed by atoms with Crippen LogP contribution in [0, 0.1) is 0 Å². The number of anilines is 1. The summed E-state index contributed by atoms with van der Waals surface area (Å²) in [6.45, 7) is 1.25. The van der Waals surface area contributed by atoms with Crippen LogP contribution in [0.1, 0.15) is 24.1 Å². The largest absolute Gasteiger partial charge is 0.326 e. The van der Waals surface area contributed by atoms with Crippen LogP contribution < -0.4 is 10.6 Å². The van der Waals surface area contributed by atoms with E-state index in [0.717, 1.165) is 4.90 Å². The highest BCUT2D eigenvalue weighted by Gasteiger charge is 2.63. The number of halogens is 2. The molecule has 2 unspecified atom stereocenters. The van der Waals surface area contributed by atoms with Gasteiger partial charge in [0.15, 0.2) is 5.78 Å². The van der Waals surface area contributed by atoms with Crippen LogP contribution in [0.4, 0.5) is 10.5 Å². The molecule has 0 bridgehead atoms. The van der Waals surface area contributed by atoms with E-state index in [2.05, 4.69) is 10.6 Å². The number of hydrogen-bond donors (Lipinski definition) is 2. The van der Waals surface area contributed by atoms with E-state index in [4.69, 9.17) is 23.2 Å². The van der Waals surface area contributed by atoms with E-state index in [1.807, 2.05) is 0 Å². The third-order valence-electron chi connectivity index (χ3n) is 4.88. The Morgan fingerprint density at radius 1 is 1.07 bits per heavy atom. The quantitative estimate of drug-likeness (QED) is 0.592. The number of urea groups is 1. The Hall–Kier alpha value is -2.90. The second kappa shape index (κ2) is 6.32. The van der Waals surface area contributed by atoms with E-state index in [1.165, 1.54) is 25.1 Å². The van der Waals surface area contributed by atoms with Gasteiger partial charge in [0, 0.05) is 11.3 Å². The number of ketones is 1. The summed E-state index contributed by atoms with van der Waals surface area (Å²) >= 11 is 12.0. The maximum absolute atomic E-state index is 13.4. The molecule has 7 nitrogen and oxygen atoms in total. The van der Waals surface area contributed by atoms with Gasteiger partial charge in [0.1, 0.15) is 6.04 Å². The van der Waals surface area contributed by atoms with Crippen molar-refractivity contribution in [1.82, 2.24) is 10.2 Å². The number of benzene rings is 2. The molecule has 0 radical (unpaired) electrons. The third kappa shape index (κ3) is 2.43. The topological polar surface area (TPSA) is 95.6 Å². The zero-order valence-electron chi connectivity index (χ0n) is 14.5. The molecule has 2 aromatic rings. The number of rotatable bonds is 3. The molecule has 2 aliphatic heterocycles. The molecule has 2 N–H and O–H groups in total. The van der Waals surface area contributed by atoms with Crippen molar-refractivity contribution >= 4 is 52.5 Å². The molecule has 142 valence electrons. The number of fused-ring (bicyclic) bond motifs is 2. The van der Waals surface area contributed by atoms with Crippen molar-refractivity contribution in [3.8, 4) is 0 Å². The molecular formula is C19H13Cl2N3O4. The van der Waals surface area contributed by atoms with E-state index in [9.17, 15) is 19.2 Å². The Morgan fingerprint density at radius 3 is 2.46 bits per heavy atom. The van der Waals surface area contributed by atoms with Crippen LogP contribution in [0.15, 0.2) is 42.5 Å². The van der Waals surface area contributed by atoms with Gasteiger partial charge in [-0.1, -0.05) is 47.5 Å². The summed E-state index contributed by atoms with van der Waals surface area (Å²) in [5.74, 6) is -1.97. The van der Waals surface area contributed by atoms with Crippen LogP contribution in [0.5, 0.6) is 0 Å². The second-order valence-electron chi connectivity index (χ2n) is 6.54. The predicted octanol–water partition coefficient (Wildman–Crippen LogP) is 3.02. The molecular weight excluding hydrogens is 405 g/mol. The van der Waals surface area contributed by atoms with Crippen LogP contribution in [-0.2, 0) is 19.9 Å². The average molecular weight is 418 g/mol. The van der Waals surface area contributed by atoms with Gasteiger partial charge in [-0.25, -0.2) is 9.69 Å². The van der Waals surface area contributed by atoms with Crippen molar-refractivity contribution in [3.05, 3.63) is 63.6 Å². The molecule has 2 aliphatic rings. The maximum atomic E-state index is 13.4. The minimum Gasteiger partial charge on any atom is -0.323 e. The Kier molecular flexibility index (Phi) is 4.17. The number of para-hydroxylation sites is 1. The Bertz CT molecular complexity index is 1070. The molecule has 4 amide bonds. The summed E-state index contributed by atoms with van der Waals surface area (Å²) in [5, 5.41) is 5.53. The zero-order chi connectivity index (χ0) is 20.2. The average Bonchev–Trinajstić information content (AvgIpc) is 3.07. The number of amides is 4. The first kappa shape index (κ1) is 18.5. The molecule has 0 aliphatic carbocycles. The summed E-state index contributed by atoms with van der Waals surface area (Å²) < 4.78 is 0. The van der Waals surface area contributed by atoms with Crippen LogP contribution in [0.25, 0.3) is 0 Å². The Labute approximate surface area is 169 Å². The molecule has 1 spiro atoms. The normalized spacial score (nSPS) is 21.5. The van der Waals surface area contributed by atoms with E-state index in [1.54, 1.807) is 24.3 Å². The molecule has 28 heavy (non-hydrogen) atoms. The second-order valence-corrected chi connectivity index (χ2v) is 7.36. The lowest BCUT2D eigenvalue weighted by atomic mass is 9.90. The van der Waals surface area contributed by atoms with E-state index >= 15 is 0 Å². The van der Waals surface area contributed by atoms with Crippen LogP contribution in [0.2, 0.25) is 10.0 Å². The predicted molar refractivity (Wildman–Crippen MR) is 102 cm³/mol. The van der Waals surface area contributed by atoms with Gasteiger partial charge in [-0.2, -0.15) is 0 Å². The summed E-state index contributed by atoms with van der Waals surface area (Å²) in [7, 11) is 0. The van der Waals surface area contributed by atoms with E-state index < -0.39 is 35.2 Å². The first-order valence-corrected chi connectivity index (χ1v) is 9.05. The van der Waals surface area contributed by atoms with Gasteiger partial charge in [-0.3, -0.25) is 14.4 Å². The Balaban J connectivity index is 1.83. The lowest BCUT2D eigenvalue weighted by Crippen LogP contribution is -2.50. The van der Waals surface area contributed by atoms with Crippen molar-refractivity contribution < 1.29 is 19.2 Å². The van der Waals surface area contributed by atoms with Gasteiger partial charge in [0.05, 0.1) is 10.0 Å². The van der Waals surface area contributed by atoms with Crippen LogP contribution >= 0.6 is 23.2 Å². The molecule has 1 fully saturated rings. The van der Waals surface area contributed by atoms with Crippen molar-refractivity contribution in [2.75, 3.05) is 5.32 Å². The smallest absolute Gasteiger partial charge is 0.323 e. The monoisotopic (exact) mass is 417 g/mol. The van der Waals surface area contributed by atoms with E-state index in [0.29, 0.717) is 16.8 Å². The SMILES string of the molecule is CC(=O)C(c1ccc(Cl)c(Cl)c1)N1C(=O)NC2(C(=O)Nc3ccccc32)C1=O. The van der Waals surface area contributed by atoms with Gasteiger partial charge in [-0.15, -0.1) is 0 Å². The number of nitrogens with zero attached hydrogens (tertiary/aromatic N) is 1. The molecule has 0 saturated carbocycles. The third-order valence-corrected chi connectivity index (χ3v) is 5.61. The van der Waals surface area contributed by atoms with Gasteiger partial charge in [-0.05, 0) is 30.7 Å². The molecule has 2 heterocycles. The summed E-state index contributed by atoms with van der Waals surface area (Å²) in [6, 6.07) is 8.88. The first-order chi connectivity index (χ1) is 13.3. The van der Waals surface area contributed by atoms with Crippen LogP contribution in [-0.4, -0.2) is 28.5 Å². The highest BCUT2D eigenvalue weighted by molar-refractivity contribution is 6.42. The minimum absolute atomic E-state index is 0.177. The highest BCUT2D eigenvalue weighted by atomic mass is 35.5. The van der Waals surface area contributed by atoms with Crippen molar-refractivity contribution in [2.24, 2.45) is 0 Å². The lowest BCUT2D eigenvalue weighted by molar-refractivity contribution is -0.141. The molecule has 4 rings (SSSR count). The number of carbonyl (C=O) groups excluding carboxylic acids is 4. The van der Waals surface area contributed by atoms with Crippen molar-refractivity contribution in [1.29, 1.82) is 0 Å². The first-order valence-electron chi connectivity index (χ1n) is 8.29. The van der Waals surface area contributed by atoms with Gasteiger partial charge in [0.25, 0.3) is 11.8 Å². The fourth-order valence-corrected chi connectivity index (χ4v) is 3.93. The zero-order valence-corrected chi connectivity index (χ0v) is 16.0. The minimum atomic E-state index is -1.91. The van der Waals surface area contributed by atoms with E-state index in [-0.39, 0.29) is 10.0 Å². The highest BCUT2D eigenvalue weighted by Crippen LogP contribution is 2.42. The fraction of sp³-hybridized carbons (Fsp3) is 0.158. The number of Topliss-reactive ketones (excluding diaryl/α,β-unsaturated/α-hetero) is 1. The number of imide groups is 1. The molecule has 0 aromatic heterocycles. The Morgan fingerprint density at radius 2 is 1.79 bits per heavy atom. The molecule has 1 saturated heterocycles. The number of carbonyl (C=O) groups is 4. The van der Waals surface area contributed by atoms with Gasteiger partial charge in [0.2, 0.25) is 5.54 Å². The van der Waals surface area contributed by atoms with Crippen LogP contribution in [0.3, 0.4) is 0 Å².